The van der Waals surface area contributed by atoms with Crippen molar-refractivity contribution in [2.75, 3.05) is 0 Å². The van der Waals surface area contributed by atoms with Crippen LogP contribution in [0.3, 0.4) is 0 Å². The molecule has 0 spiro atoms. The third-order valence-corrected chi connectivity index (χ3v) is 3.74. The second-order valence-corrected chi connectivity index (χ2v) is 5.84. The first kappa shape index (κ1) is 16.2. The summed E-state index contributed by atoms with van der Waals surface area (Å²) in [6.45, 7) is 3.81. The van der Waals surface area contributed by atoms with Crippen LogP contribution in [0.25, 0.3) is 0 Å². The first-order valence-electron chi connectivity index (χ1n) is 7.65. The topological polar surface area (TPSA) is 49.3 Å². The second kappa shape index (κ2) is 7.76. The lowest BCUT2D eigenvalue weighted by molar-refractivity contribution is -0.124. The second-order valence-electron chi connectivity index (χ2n) is 5.84. The summed E-state index contributed by atoms with van der Waals surface area (Å²) in [4.78, 5) is 12.2. The van der Waals surface area contributed by atoms with Gasteiger partial charge in [0, 0.05) is 0 Å². The van der Waals surface area contributed by atoms with Crippen molar-refractivity contribution in [1.29, 1.82) is 0 Å². The first-order valence-corrected chi connectivity index (χ1v) is 7.65. The van der Waals surface area contributed by atoms with Crippen LogP contribution in [-0.4, -0.2) is 17.1 Å². The zero-order valence-corrected chi connectivity index (χ0v) is 13.1. The highest BCUT2D eigenvalue weighted by Crippen LogP contribution is 2.22. The monoisotopic (exact) mass is 297 g/mol. The van der Waals surface area contributed by atoms with Crippen molar-refractivity contribution in [3.8, 4) is 0 Å². The minimum absolute atomic E-state index is 0.0673. The van der Waals surface area contributed by atoms with Crippen LogP contribution in [0.15, 0.2) is 60.7 Å². The van der Waals surface area contributed by atoms with Crippen LogP contribution in [0.2, 0.25) is 0 Å². The molecule has 0 saturated carbocycles. The van der Waals surface area contributed by atoms with Crippen molar-refractivity contribution in [3.63, 3.8) is 0 Å². The van der Waals surface area contributed by atoms with Gasteiger partial charge in [-0.15, -0.1) is 0 Å². The molecule has 2 N–H and O–H groups in total. The third kappa shape index (κ3) is 4.43. The number of nitrogens with one attached hydrogen (secondary N) is 1. The molecule has 2 aromatic rings. The predicted molar refractivity (Wildman–Crippen MR) is 88.3 cm³/mol. The quantitative estimate of drug-likeness (QED) is 0.859. The number of benzene rings is 2. The normalized spacial score (nSPS) is 12.4. The molecule has 0 bridgehead atoms. The lowest BCUT2D eigenvalue weighted by Crippen LogP contribution is -2.33. The minimum Gasteiger partial charge on any atom is -0.392 e. The van der Waals surface area contributed by atoms with E-state index in [1.54, 1.807) is 0 Å². The van der Waals surface area contributed by atoms with E-state index in [0.717, 1.165) is 11.1 Å². The molecule has 0 aromatic heterocycles. The van der Waals surface area contributed by atoms with Crippen LogP contribution in [0.4, 0.5) is 0 Å². The van der Waals surface area contributed by atoms with Gasteiger partial charge in [-0.05, 0) is 17.0 Å². The summed E-state index contributed by atoms with van der Waals surface area (Å²) in [5, 5.41) is 12.9. The number of rotatable bonds is 6. The van der Waals surface area contributed by atoms with Gasteiger partial charge in [0.2, 0.25) is 5.91 Å². The molecule has 0 aliphatic heterocycles. The Morgan fingerprint density at radius 1 is 0.955 bits per heavy atom. The van der Waals surface area contributed by atoms with Gasteiger partial charge in [-0.25, -0.2) is 0 Å². The van der Waals surface area contributed by atoms with E-state index < -0.39 is 6.10 Å². The van der Waals surface area contributed by atoms with Gasteiger partial charge in [-0.1, -0.05) is 74.5 Å². The molecule has 22 heavy (non-hydrogen) atoms. The maximum absolute atomic E-state index is 12.2. The van der Waals surface area contributed by atoms with Crippen molar-refractivity contribution in [2.45, 2.75) is 32.4 Å². The molecule has 0 radical (unpaired) electrons. The molecule has 1 unspecified atom stereocenters. The molecule has 2 rings (SSSR count). The Bertz CT molecular complexity index is 541. The third-order valence-electron chi connectivity index (χ3n) is 3.74. The Labute approximate surface area is 132 Å². The average molecular weight is 297 g/mol. The number of aliphatic hydroxyl groups is 1. The Kier molecular flexibility index (Phi) is 5.73. The number of carbonyl (C=O) groups is 1. The Balaban J connectivity index is 2.18. The Morgan fingerprint density at radius 3 is 1.82 bits per heavy atom. The summed E-state index contributed by atoms with van der Waals surface area (Å²) >= 11 is 0. The fraction of sp³-hybridized carbons (Fsp3) is 0.316. The van der Waals surface area contributed by atoms with Crippen LogP contribution in [0.1, 0.15) is 37.4 Å². The largest absolute Gasteiger partial charge is 0.392 e. The fourth-order valence-electron chi connectivity index (χ4n) is 2.30. The van der Waals surface area contributed by atoms with Gasteiger partial charge in [-0.3, -0.25) is 4.79 Å². The zero-order chi connectivity index (χ0) is 15.9. The van der Waals surface area contributed by atoms with E-state index in [2.05, 4.69) is 5.32 Å². The number of aliphatic hydroxyl groups excluding tert-OH is 1. The molecule has 0 heterocycles. The molecular formula is C19H23NO2. The fourth-order valence-corrected chi connectivity index (χ4v) is 2.30. The molecule has 3 heteroatoms. The smallest absolute Gasteiger partial charge is 0.223 e. The number of hydrogen-bond donors (Lipinski definition) is 2. The lowest BCUT2D eigenvalue weighted by atomic mass is 9.98. The van der Waals surface area contributed by atoms with Gasteiger partial charge >= 0.3 is 0 Å². The van der Waals surface area contributed by atoms with E-state index in [1.807, 2.05) is 74.5 Å². The highest BCUT2D eigenvalue weighted by Gasteiger charge is 2.19. The zero-order valence-electron chi connectivity index (χ0n) is 13.1. The van der Waals surface area contributed by atoms with E-state index in [0.29, 0.717) is 0 Å². The van der Waals surface area contributed by atoms with Gasteiger partial charge < -0.3 is 10.4 Å². The SMILES string of the molecule is CC(C)C(O)CC(=O)NC(c1ccccc1)c1ccccc1. The highest BCUT2D eigenvalue weighted by molar-refractivity contribution is 5.77. The van der Waals surface area contributed by atoms with Gasteiger partial charge in [0.05, 0.1) is 18.6 Å². The summed E-state index contributed by atoms with van der Waals surface area (Å²) in [5.74, 6) is -0.0726. The molecular weight excluding hydrogens is 274 g/mol. The van der Waals surface area contributed by atoms with Crippen molar-refractivity contribution < 1.29 is 9.90 Å². The van der Waals surface area contributed by atoms with Crippen molar-refractivity contribution in [2.24, 2.45) is 5.92 Å². The van der Waals surface area contributed by atoms with Crippen LogP contribution < -0.4 is 5.32 Å². The van der Waals surface area contributed by atoms with E-state index in [-0.39, 0.29) is 24.3 Å². The van der Waals surface area contributed by atoms with Crippen LogP contribution >= 0.6 is 0 Å². The van der Waals surface area contributed by atoms with Gasteiger partial charge in [-0.2, -0.15) is 0 Å². The summed E-state index contributed by atoms with van der Waals surface area (Å²) in [5.41, 5.74) is 2.06. The summed E-state index contributed by atoms with van der Waals surface area (Å²) in [6.07, 6.45) is -0.499. The van der Waals surface area contributed by atoms with Gasteiger partial charge in [0.25, 0.3) is 0 Å². The summed E-state index contributed by atoms with van der Waals surface area (Å²) < 4.78 is 0. The standard InChI is InChI=1S/C19H23NO2/c1-14(2)17(21)13-18(22)20-19(15-9-5-3-6-10-15)16-11-7-4-8-12-16/h3-12,14,17,19,21H,13H2,1-2H3,(H,20,22). The van der Waals surface area contributed by atoms with Crippen molar-refractivity contribution in [1.82, 2.24) is 5.32 Å². The maximum atomic E-state index is 12.2. The highest BCUT2D eigenvalue weighted by atomic mass is 16.3. The molecule has 0 saturated heterocycles. The number of carbonyl (C=O) groups excluding carboxylic acids is 1. The number of amides is 1. The molecule has 1 amide bonds. The Morgan fingerprint density at radius 2 is 1.41 bits per heavy atom. The van der Waals surface area contributed by atoms with E-state index >= 15 is 0 Å². The van der Waals surface area contributed by atoms with Crippen molar-refractivity contribution >= 4 is 5.91 Å². The van der Waals surface area contributed by atoms with Crippen LogP contribution in [0, 0.1) is 5.92 Å². The van der Waals surface area contributed by atoms with E-state index in [9.17, 15) is 9.90 Å². The molecule has 0 aliphatic carbocycles. The first-order chi connectivity index (χ1) is 10.6. The summed E-state index contributed by atoms with van der Waals surface area (Å²) in [7, 11) is 0. The molecule has 3 nitrogen and oxygen atoms in total. The molecule has 1 atom stereocenters. The molecule has 0 aliphatic rings. The van der Waals surface area contributed by atoms with E-state index in [1.165, 1.54) is 0 Å². The average Bonchev–Trinajstić information content (AvgIpc) is 2.54. The maximum Gasteiger partial charge on any atom is 0.223 e. The van der Waals surface area contributed by atoms with Gasteiger partial charge in [0.1, 0.15) is 0 Å². The molecule has 0 fully saturated rings. The lowest BCUT2D eigenvalue weighted by Gasteiger charge is -2.21. The van der Waals surface area contributed by atoms with Gasteiger partial charge in [0.15, 0.2) is 0 Å². The Hall–Kier alpha value is -2.13. The van der Waals surface area contributed by atoms with E-state index in [4.69, 9.17) is 0 Å². The number of hydrogen-bond acceptors (Lipinski definition) is 2. The minimum atomic E-state index is -0.618. The predicted octanol–water partition coefficient (Wildman–Crippen LogP) is 3.30. The van der Waals surface area contributed by atoms with Crippen LogP contribution in [-0.2, 0) is 4.79 Å². The molecule has 2 aromatic carbocycles. The van der Waals surface area contributed by atoms with Crippen molar-refractivity contribution in [3.05, 3.63) is 71.8 Å². The summed E-state index contributed by atoms with van der Waals surface area (Å²) in [6, 6.07) is 19.5. The molecule has 116 valence electrons. The van der Waals surface area contributed by atoms with Crippen LogP contribution in [0.5, 0.6) is 0 Å².